The minimum absolute atomic E-state index is 0.500. The summed E-state index contributed by atoms with van der Waals surface area (Å²) in [6.07, 6.45) is 1.00. The van der Waals surface area contributed by atoms with Crippen molar-refractivity contribution in [3.05, 3.63) is 68.3 Å². The normalized spacial score (nSPS) is 7.90. The Morgan fingerprint density at radius 2 is 1.05 bits per heavy atom. The van der Waals surface area contributed by atoms with Crippen molar-refractivity contribution >= 4 is 44.0 Å². The van der Waals surface area contributed by atoms with Crippen LogP contribution in [0.1, 0.15) is 0 Å². The van der Waals surface area contributed by atoms with Crippen LogP contribution in [0, 0.1) is 0 Å². The fourth-order valence-corrected chi connectivity index (χ4v) is 2.13. The average molecular weight is 396 g/mol. The monoisotopic (exact) mass is 394 g/mol. The SMILES string of the molecule is Brc1cccc(-c2cccc(Br)c2)c1.[N-]=C=O.[N-]=C=O. The quantitative estimate of drug-likeness (QED) is 0.519. The van der Waals surface area contributed by atoms with Crippen LogP contribution >= 0.6 is 31.9 Å². The van der Waals surface area contributed by atoms with Gasteiger partial charge in [-0.05, 0) is 47.6 Å². The van der Waals surface area contributed by atoms with Gasteiger partial charge in [-0.2, -0.15) is 0 Å². The predicted molar refractivity (Wildman–Crippen MR) is 85.4 cm³/mol. The molecule has 0 radical (unpaired) electrons. The number of rotatable bonds is 1. The highest BCUT2D eigenvalue weighted by atomic mass is 79.9. The first-order valence-electron chi connectivity index (χ1n) is 5.13. The molecule has 0 spiro atoms. The van der Waals surface area contributed by atoms with E-state index in [1.165, 1.54) is 11.1 Å². The fourth-order valence-electron chi connectivity index (χ4n) is 1.34. The third-order valence-electron chi connectivity index (χ3n) is 1.98. The Bertz CT molecular complexity index is 563. The Morgan fingerprint density at radius 1 is 0.750 bits per heavy atom. The van der Waals surface area contributed by atoms with Gasteiger partial charge >= 0.3 is 0 Å². The first-order chi connectivity index (χ1) is 9.58. The van der Waals surface area contributed by atoms with Gasteiger partial charge in [-0.3, -0.25) is 9.59 Å². The van der Waals surface area contributed by atoms with Crippen molar-refractivity contribution < 1.29 is 9.59 Å². The molecule has 4 nitrogen and oxygen atoms in total. The second-order valence-electron chi connectivity index (χ2n) is 3.20. The molecular formula is C14H8Br2N2O2-2. The molecule has 102 valence electrons. The van der Waals surface area contributed by atoms with Crippen molar-refractivity contribution in [1.82, 2.24) is 0 Å². The van der Waals surface area contributed by atoms with Gasteiger partial charge in [-0.25, -0.2) is 0 Å². The number of isocyanates is 2. The molecule has 0 unspecified atom stereocenters. The Labute approximate surface area is 133 Å². The van der Waals surface area contributed by atoms with E-state index in [0.29, 0.717) is 12.2 Å². The van der Waals surface area contributed by atoms with E-state index in [4.69, 9.17) is 20.4 Å². The molecule has 0 aromatic heterocycles. The van der Waals surface area contributed by atoms with Crippen LogP contribution < -0.4 is 0 Å². The summed E-state index contributed by atoms with van der Waals surface area (Å²) in [6, 6.07) is 16.6. The second-order valence-corrected chi connectivity index (χ2v) is 5.03. The lowest BCUT2D eigenvalue weighted by Gasteiger charge is -2.02. The van der Waals surface area contributed by atoms with Gasteiger partial charge in [0.1, 0.15) is 0 Å². The van der Waals surface area contributed by atoms with Gasteiger partial charge < -0.3 is 10.8 Å². The van der Waals surface area contributed by atoms with Crippen molar-refractivity contribution in [2.75, 3.05) is 0 Å². The molecule has 0 heterocycles. The summed E-state index contributed by atoms with van der Waals surface area (Å²) in [7, 11) is 0. The third kappa shape index (κ3) is 7.56. The van der Waals surface area contributed by atoms with E-state index >= 15 is 0 Å². The standard InChI is InChI=1S/C12H8Br2.2CNO/c13-11-5-1-3-9(7-11)10-4-2-6-12(14)8-10;2*2-1-3/h1-8H;;/q;2*-1. The topological polar surface area (TPSA) is 78.7 Å². The van der Waals surface area contributed by atoms with Gasteiger partial charge in [-0.15, -0.1) is 0 Å². The van der Waals surface area contributed by atoms with Gasteiger partial charge in [0.25, 0.3) is 0 Å². The minimum atomic E-state index is 0.500. The van der Waals surface area contributed by atoms with E-state index in [2.05, 4.69) is 56.1 Å². The molecule has 0 bridgehead atoms. The van der Waals surface area contributed by atoms with Gasteiger partial charge in [0.2, 0.25) is 0 Å². The smallest absolute Gasteiger partial charge is 0.0181 e. The first-order valence-corrected chi connectivity index (χ1v) is 6.71. The molecular weight excluding hydrogens is 388 g/mol. The molecule has 2 aromatic carbocycles. The Morgan fingerprint density at radius 3 is 1.30 bits per heavy atom. The van der Waals surface area contributed by atoms with Crippen LogP contribution in [-0.4, -0.2) is 12.2 Å². The maximum Gasteiger partial charge on any atom is 0.0181 e. The molecule has 20 heavy (non-hydrogen) atoms. The zero-order valence-electron chi connectivity index (χ0n) is 10.1. The molecule has 0 saturated heterocycles. The number of carbonyl (C=O) groups excluding carboxylic acids is 2. The van der Waals surface area contributed by atoms with E-state index in [1.807, 2.05) is 24.3 Å². The molecule has 0 aliphatic rings. The van der Waals surface area contributed by atoms with Crippen LogP contribution in [0.5, 0.6) is 0 Å². The largest absolute Gasteiger partial charge is 0.724 e. The maximum absolute atomic E-state index is 8.24. The van der Waals surface area contributed by atoms with Crippen molar-refractivity contribution in [2.24, 2.45) is 0 Å². The average Bonchev–Trinajstić information content (AvgIpc) is 2.40. The molecule has 0 atom stereocenters. The highest BCUT2D eigenvalue weighted by molar-refractivity contribution is 9.10. The molecule has 0 amide bonds. The van der Waals surface area contributed by atoms with E-state index in [-0.39, 0.29) is 0 Å². The summed E-state index contributed by atoms with van der Waals surface area (Å²) in [5.74, 6) is 0. The van der Waals surface area contributed by atoms with Crippen LogP contribution in [0.15, 0.2) is 57.5 Å². The van der Waals surface area contributed by atoms with Crippen molar-refractivity contribution in [3.63, 3.8) is 0 Å². The van der Waals surface area contributed by atoms with E-state index in [9.17, 15) is 0 Å². The van der Waals surface area contributed by atoms with Gasteiger partial charge in [0, 0.05) is 8.95 Å². The Hall–Kier alpha value is -1.84. The highest BCUT2D eigenvalue weighted by Crippen LogP contribution is 2.25. The number of nitrogens with zero attached hydrogens (tertiary/aromatic N) is 2. The lowest BCUT2D eigenvalue weighted by molar-refractivity contribution is 0.568. The van der Waals surface area contributed by atoms with Gasteiger partial charge in [-0.1, -0.05) is 56.1 Å². The van der Waals surface area contributed by atoms with Crippen molar-refractivity contribution in [2.45, 2.75) is 0 Å². The summed E-state index contributed by atoms with van der Waals surface area (Å²) in [6.45, 7) is 0. The first kappa shape index (κ1) is 18.2. The molecule has 0 N–H and O–H groups in total. The minimum Gasteiger partial charge on any atom is -0.724 e. The molecule has 0 fully saturated rings. The second kappa shape index (κ2) is 11.0. The van der Waals surface area contributed by atoms with Crippen LogP contribution in [-0.2, 0) is 9.59 Å². The maximum atomic E-state index is 8.24. The number of hydrogen-bond acceptors (Lipinski definition) is 2. The molecule has 0 aliphatic carbocycles. The van der Waals surface area contributed by atoms with Crippen molar-refractivity contribution in [1.29, 1.82) is 0 Å². The molecule has 0 saturated carbocycles. The molecule has 2 rings (SSSR count). The van der Waals surface area contributed by atoms with Gasteiger partial charge in [0.05, 0.1) is 0 Å². The fraction of sp³-hybridized carbons (Fsp3) is 0. The van der Waals surface area contributed by atoms with Crippen LogP contribution in [0.3, 0.4) is 0 Å². The molecule has 6 heteroatoms. The lowest BCUT2D eigenvalue weighted by atomic mass is 10.1. The Balaban J connectivity index is 0.000000520. The predicted octanol–water partition coefficient (Wildman–Crippen LogP) is 4.66. The zero-order chi connectivity index (χ0) is 15.4. The summed E-state index contributed by atoms with van der Waals surface area (Å²) < 4.78 is 2.21. The lowest BCUT2D eigenvalue weighted by Crippen LogP contribution is -1.77. The summed E-state index contributed by atoms with van der Waals surface area (Å²) in [5.41, 5.74) is 2.45. The van der Waals surface area contributed by atoms with Crippen molar-refractivity contribution in [3.8, 4) is 11.1 Å². The van der Waals surface area contributed by atoms with Gasteiger partial charge in [0.15, 0.2) is 0 Å². The highest BCUT2D eigenvalue weighted by Gasteiger charge is 1.97. The number of halogens is 2. The summed E-state index contributed by atoms with van der Waals surface area (Å²) >= 11 is 6.93. The van der Waals surface area contributed by atoms with E-state index in [1.54, 1.807) is 0 Å². The summed E-state index contributed by atoms with van der Waals surface area (Å²) in [5, 5.41) is 13.5. The van der Waals surface area contributed by atoms with E-state index < -0.39 is 0 Å². The van der Waals surface area contributed by atoms with Crippen LogP contribution in [0.2, 0.25) is 0 Å². The summed E-state index contributed by atoms with van der Waals surface area (Å²) in [4.78, 5) is 16.5. The molecule has 2 aromatic rings. The molecule has 0 aliphatic heterocycles. The number of hydrogen-bond donors (Lipinski definition) is 0. The van der Waals surface area contributed by atoms with E-state index in [0.717, 1.165) is 8.95 Å². The third-order valence-corrected chi connectivity index (χ3v) is 2.97. The van der Waals surface area contributed by atoms with Crippen LogP contribution in [0.25, 0.3) is 21.9 Å². The number of benzene rings is 2. The Kier molecular flexibility index (Phi) is 10.0. The zero-order valence-corrected chi connectivity index (χ0v) is 13.3. The van der Waals surface area contributed by atoms with Crippen LogP contribution in [0.4, 0.5) is 0 Å².